The molecule has 0 aliphatic carbocycles. The molecule has 4 aromatic rings. The second-order valence-electron chi connectivity index (χ2n) is 5.05. The summed E-state index contributed by atoms with van der Waals surface area (Å²) in [6.07, 6.45) is 0. The van der Waals surface area contributed by atoms with Crippen LogP contribution in [0.5, 0.6) is 5.75 Å². The molecule has 2 aromatic heterocycles. The minimum Gasteiger partial charge on any atom is -0.497 e. The first-order valence-corrected chi connectivity index (χ1v) is 7.94. The topological polar surface area (TPSA) is 22.4 Å². The van der Waals surface area contributed by atoms with Crippen molar-refractivity contribution in [2.75, 3.05) is 7.11 Å². The molecule has 0 saturated carbocycles. The smallest absolute Gasteiger partial charge is 0.146 e. The molecule has 0 atom stereocenters. The Kier molecular flexibility index (Phi) is 3.20. The fourth-order valence-electron chi connectivity index (χ4n) is 2.56. The van der Waals surface area contributed by atoms with Gasteiger partial charge in [-0.1, -0.05) is 30.3 Å². The van der Waals surface area contributed by atoms with Gasteiger partial charge in [-0.15, -0.1) is 11.3 Å². The van der Waals surface area contributed by atoms with Gasteiger partial charge in [0.1, 0.15) is 17.1 Å². The van der Waals surface area contributed by atoms with Crippen LogP contribution < -0.4 is 4.74 Å². The van der Waals surface area contributed by atoms with E-state index in [-0.39, 0.29) is 0 Å². The summed E-state index contributed by atoms with van der Waals surface area (Å²) < 4.78 is 11.2. The van der Waals surface area contributed by atoms with Gasteiger partial charge in [-0.2, -0.15) is 0 Å². The third-order valence-electron chi connectivity index (χ3n) is 3.70. The second-order valence-corrected chi connectivity index (χ2v) is 5.93. The van der Waals surface area contributed by atoms with E-state index in [9.17, 15) is 0 Å². The normalized spacial score (nSPS) is 11.0. The summed E-state index contributed by atoms with van der Waals surface area (Å²) in [7, 11) is 1.68. The van der Waals surface area contributed by atoms with E-state index in [1.165, 1.54) is 10.4 Å². The zero-order chi connectivity index (χ0) is 14.9. The average molecular weight is 306 g/mol. The Balaban J connectivity index is 1.80. The van der Waals surface area contributed by atoms with Crippen LogP contribution in [0.3, 0.4) is 0 Å². The van der Waals surface area contributed by atoms with Crippen molar-refractivity contribution in [2.24, 2.45) is 0 Å². The lowest BCUT2D eigenvalue weighted by Gasteiger charge is -2.01. The van der Waals surface area contributed by atoms with E-state index in [0.29, 0.717) is 0 Å². The molecule has 0 saturated heterocycles. The van der Waals surface area contributed by atoms with Gasteiger partial charge in [0.25, 0.3) is 0 Å². The van der Waals surface area contributed by atoms with Crippen molar-refractivity contribution in [1.29, 1.82) is 0 Å². The van der Waals surface area contributed by atoms with Gasteiger partial charge in [-0.3, -0.25) is 0 Å². The predicted molar refractivity (Wildman–Crippen MR) is 91.5 cm³/mol. The lowest BCUT2D eigenvalue weighted by atomic mass is 10.1. The Labute approximate surface area is 132 Å². The Hall–Kier alpha value is -2.52. The van der Waals surface area contributed by atoms with E-state index in [1.807, 2.05) is 30.3 Å². The Morgan fingerprint density at radius 2 is 1.68 bits per heavy atom. The molecule has 2 heterocycles. The first-order valence-electron chi connectivity index (χ1n) is 7.06. The summed E-state index contributed by atoms with van der Waals surface area (Å²) in [4.78, 5) is 1.23. The molecule has 22 heavy (non-hydrogen) atoms. The van der Waals surface area contributed by atoms with E-state index >= 15 is 0 Å². The molecule has 0 amide bonds. The number of fused-ring (bicyclic) bond motifs is 1. The number of rotatable bonds is 3. The Bertz CT molecular complexity index is 902. The molecule has 0 bridgehead atoms. The van der Waals surface area contributed by atoms with Crippen LogP contribution in [0.4, 0.5) is 0 Å². The highest BCUT2D eigenvalue weighted by molar-refractivity contribution is 7.15. The van der Waals surface area contributed by atoms with Gasteiger partial charge in [-0.25, -0.2) is 0 Å². The summed E-state index contributed by atoms with van der Waals surface area (Å²) in [6.45, 7) is 0. The molecule has 0 fully saturated rings. The standard InChI is InChI=1S/C19H14O2S/c1-20-15-9-7-14(8-10-15)19-16-11-17(21-18(16)12-22-19)13-5-3-2-4-6-13/h2-12H,1H3. The molecule has 0 radical (unpaired) electrons. The molecule has 108 valence electrons. The molecule has 3 heteroatoms. The van der Waals surface area contributed by atoms with Crippen molar-refractivity contribution in [3.63, 3.8) is 0 Å². The summed E-state index contributed by atoms with van der Waals surface area (Å²) in [5, 5.41) is 3.23. The van der Waals surface area contributed by atoms with Crippen LogP contribution in [0.1, 0.15) is 0 Å². The third kappa shape index (κ3) is 2.20. The predicted octanol–water partition coefficient (Wildman–Crippen LogP) is 5.84. The number of methoxy groups -OCH3 is 1. The van der Waals surface area contributed by atoms with Crippen molar-refractivity contribution < 1.29 is 9.15 Å². The summed E-state index contributed by atoms with van der Waals surface area (Å²) in [6, 6.07) is 20.4. The Morgan fingerprint density at radius 1 is 0.909 bits per heavy atom. The minimum atomic E-state index is 0.869. The number of hydrogen-bond donors (Lipinski definition) is 0. The van der Waals surface area contributed by atoms with Crippen LogP contribution in [-0.4, -0.2) is 7.11 Å². The third-order valence-corrected chi connectivity index (χ3v) is 4.72. The molecular weight excluding hydrogens is 292 g/mol. The van der Waals surface area contributed by atoms with Crippen molar-refractivity contribution >= 4 is 22.3 Å². The molecule has 0 N–H and O–H groups in total. The maximum absolute atomic E-state index is 5.99. The van der Waals surface area contributed by atoms with Crippen LogP contribution in [0.15, 0.2) is 70.5 Å². The quantitative estimate of drug-likeness (QED) is 0.474. The number of benzene rings is 2. The van der Waals surface area contributed by atoms with Gasteiger partial charge in [0.15, 0.2) is 0 Å². The lowest BCUT2D eigenvalue weighted by molar-refractivity contribution is 0.415. The van der Waals surface area contributed by atoms with Crippen LogP contribution >= 0.6 is 11.3 Å². The fourth-order valence-corrected chi connectivity index (χ4v) is 3.52. The second kappa shape index (κ2) is 5.35. The molecule has 2 nitrogen and oxygen atoms in total. The van der Waals surface area contributed by atoms with Gasteiger partial charge in [0, 0.05) is 21.2 Å². The first kappa shape index (κ1) is 13.2. The monoisotopic (exact) mass is 306 g/mol. The maximum Gasteiger partial charge on any atom is 0.146 e. The molecule has 0 spiro atoms. The van der Waals surface area contributed by atoms with E-state index < -0.39 is 0 Å². The van der Waals surface area contributed by atoms with Crippen LogP contribution in [-0.2, 0) is 0 Å². The molecule has 2 aromatic carbocycles. The molecule has 4 rings (SSSR count). The lowest BCUT2D eigenvalue weighted by Crippen LogP contribution is -1.81. The highest BCUT2D eigenvalue weighted by Crippen LogP contribution is 2.39. The van der Waals surface area contributed by atoms with Crippen molar-refractivity contribution in [1.82, 2.24) is 0 Å². The van der Waals surface area contributed by atoms with E-state index in [2.05, 4.69) is 35.7 Å². The van der Waals surface area contributed by atoms with Gasteiger partial charge in [-0.05, 0) is 35.9 Å². The van der Waals surface area contributed by atoms with Crippen LogP contribution in [0.2, 0.25) is 0 Å². The van der Waals surface area contributed by atoms with Crippen molar-refractivity contribution in [3.05, 3.63) is 66.0 Å². The van der Waals surface area contributed by atoms with Gasteiger partial charge < -0.3 is 9.15 Å². The number of hydrogen-bond acceptors (Lipinski definition) is 3. The first-order chi connectivity index (χ1) is 10.8. The highest BCUT2D eigenvalue weighted by atomic mass is 32.1. The molecular formula is C19H14O2S. The molecule has 0 aliphatic rings. The number of ether oxygens (including phenoxy) is 1. The van der Waals surface area contributed by atoms with Crippen LogP contribution in [0.25, 0.3) is 32.7 Å². The Morgan fingerprint density at radius 3 is 2.41 bits per heavy atom. The summed E-state index contributed by atoms with van der Waals surface area (Å²) in [5.41, 5.74) is 3.22. The SMILES string of the molecule is COc1ccc(-c2scc3oc(-c4ccccc4)cc23)cc1. The van der Waals surface area contributed by atoms with Gasteiger partial charge in [0.2, 0.25) is 0 Å². The van der Waals surface area contributed by atoms with E-state index in [4.69, 9.17) is 9.15 Å². The van der Waals surface area contributed by atoms with Gasteiger partial charge in [0.05, 0.1) is 7.11 Å². The van der Waals surface area contributed by atoms with Crippen molar-refractivity contribution in [2.45, 2.75) is 0 Å². The minimum absolute atomic E-state index is 0.869. The zero-order valence-corrected chi connectivity index (χ0v) is 12.9. The van der Waals surface area contributed by atoms with E-state index in [0.717, 1.165) is 28.0 Å². The van der Waals surface area contributed by atoms with E-state index in [1.54, 1.807) is 18.4 Å². The maximum atomic E-state index is 5.99. The summed E-state index contributed by atoms with van der Waals surface area (Å²) in [5.74, 6) is 1.78. The summed E-state index contributed by atoms with van der Waals surface area (Å²) >= 11 is 1.71. The fraction of sp³-hybridized carbons (Fsp3) is 0.0526. The van der Waals surface area contributed by atoms with Crippen molar-refractivity contribution in [3.8, 4) is 27.5 Å². The number of thiophene rings is 1. The average Bonchev–Trinajstić information content (AvgIpc) is 3.16. The highest BCUT2D eigenvalue weighted by Gasteiger charge is 2.13. The largest absolute Gasteiger partial charge is 0.497 e. The number of furan rings is 1. The molecule has 0 unspecified atom stereocenters. The zero-order valence-electron chi connectivity index (χ0n) is 12.1. The van der Waals surface area contributed by atoms with Gasteiger partial charge >= 0.3 is 0 Å². The van der Waals surface area contributed by atoms with Crippen LogP contribution in [0, 0.1) is 0 Å². The molecule has 0 aliphatic heterocycles.